The van der Waals surface area contributed by atoms with Crippen LogP contribution < -0.4 is 20.1 Å². The number of fused-ring (bicyclic) bond motifs is 1. The zero-order valence-corrected chi connectivity index (χ0v) is 26.8. The number of nitrogens with zero attached hydrogens (tertiary/aromatic N) is 3. The van der Waals surface area contributed by atoms with Crippen LogP contribution in [0.2, 0.25) is 0 Å². The Morgan fingerprint density at radius 1 is 1.10 bits per heavy atom. The van der Waals surface area contributed by atoms with Crippen molar-refractivity contribution in [3.05, 3.63) is 89.2 Å². The summed E-state index contributed by atoms with van der Waals surface area (Å²) < 4.78 is 58.6. The number of rotatable bonds is 13. The van der Waals surface area contributed by atoms with Crippen molar-refractivity contribution >= 4 is 23.5 Å². The number of aryl methyl sites for hydroxylation is 2. The van der Waals surface area contributed by atoms with Crippen LogP contribution in [0.1, 0.15) is 53.7 Å². The Labute approximate surface area is 279 Å². The van der Waals surface area contributed by atoms with E-state index in [1.165, 1.54) is 24.3 Å². The summed E-state index contributed by atoms with van der Waals surface area (Å²) in [5.41, 5.74) is 0.956. The van der Waals surface area contributed by atoms with Gasteiger partial charge in [-0.25, -0.2) is 19.3 Å². The van der Waals surface area contributed by atoms with Gasteiger partial charge in [0, 0.05) is 35.8 Å². The second-order valence-electron chi connectivity index (χ2n) is 12.0. The Morgan fingerprint density at radius 2 is 1.86 bits per heavy atom. The molecule has 0 saturated heterocycles. The predicted molar refractivity (Wildman–Crippen MR) is 170 cm³/mol. The number of esters is 1. The lowest BCUT2D eigenvalue weighted by Crippen LogP contribution is -2.43. The summed E-state index contributed by atoms with van der Waals surface area (Å²) in [6.45, 7) is 5.22. The number of nitrogens with one attached hydrogen (secondary N) is 2. The molecule has 0 saturated carbocycles. The molecule has 49 heavy (non-hydrogen) atoms. The van der Waals surface area contributed by atoms with E-state index in [1.807, 2.05) is 44.2 Å². The van der Waals surface area contributed by atoms with Crippen LogP contribution in [0.4, 0.5) is 18.9 Å². The van der Waals surface area contributed by atoms with Crippen LogP contribution in [0.15, 0.2) is 66.7 Å². The van der Waals surface area contributed by atoms with Crippen LogP contribution in [-0.2, 0) is 27.5 Å². The summed E-state index contributed by atoms with van der Waals surface area (Å²) in [6.07, 6.45) is -6.36. The fourth-order valence-electron chi connectivity index (χ4n) is 5.06. The van der Waals surface area contributed by atoms with Crippen LogP contribution >= 0.6 is 0 Å². The maximum atomic E-state index is 13.5. The fourth-order valence-corrected chi connectivity index (χ4v) is 5.06. The summed E-state index contributed by atoms with van der Waals surface area (Å²) in [4.78, 5) is 40.1. The molecule has 1 aromatic heterocycles. The molecule has 3 N–H and O–H groups in total. The smallest absolute Gasteiger partial charge is 0.489 e. The van der Waals surface area contributed by atoms with Gasteiger partial charge < -0.3 is 30.0 Å². The van der Waals surface area contributed by atoms with Gasteiger partial charge in [0.2, 0.25) is 0 Å². The van der Waals surface area contributed by atoms with Crippen molar-refractivity contribution in [2.75, 3.05) is 18.5 Å². The quantitative estimate of drug-likeness (QED) is 0.155. The Bertz CT molecular complexity index is 1840. The van der Waals surface area contributed by atoms with E-state index in [-0.39, 0.29) is 48.1 Å². The van der Waals surface area contributed by atoms with Gasteiger partial charge in [-0.1, -0.05) is 42.5 Å². The van der Waals surface area contributed by atoms with Gasteiger partial charge in [0.05, 0.1) is 11.3 Å². The molecular formula is C34H34F3N5O7. The van der Waals surface area contributed by atoms with E-state index < -0.39 is 35.7 Å². The van der Waals surface area contributed by atoms with Crippen molar-refractivity contribution in [1.29, 1.82) is 0 Å². The van der Waals surface area contributed by atoms with E-state index in [0.717, 1.165) is 5.56 Å². The zero-order chi connectivity index (χ0) is 35.3. The standard InChI is InChI=1S/C34H34F3N5O7/c1-20-39-30(22-10-7-11-23(14-22)31(44)45)41-42(20)13-12-33(2,3)38-17-27(49-32(46)34(35,36)37)25-15-24(47-18-21-8-5-4-6-9-21)16-26-29(25)48-19-28(43)40-26/h4-11,14-16,27,38H,12-13,17-19H2,1-3H3,(H,40,43)(H,44,45). The van der Waals surface area contributed by atoms with Crippen LogP contribution in [0.25, 0.3) is 11.4 Å². The second kappa shape index (κ2) is 14.4. The monoisotopic (exact) mass is 681 g/mol. The Morgan fingerprint density at radius 3 is 2.57 bits per heavy atom. The number of carboxylic acids is 1. The van der Waals surface area contributed by atoms with Gasteiger partial charge in [-0.3, -0.25) is 4.79 Å². The lowest BCUT2D eigenvalue weighted by molar-refractivity contribution is -0.205. The van der Waals surface area contributed by atoms with Crippen LogP contribution in [0.5, 0.6) is 11.5 Å². The molecule has 1 unspecified atom stereocenters. The molecule has 0 spiro atoms. The number of amides is 1. The number of hydrogen-bond acceptors (Lipinski definition) is 9. The minimum Gasteiger partial charge on any atom is -0.489 e. The van der Waals surface area contributed by atoms with E-state index in [0.29, 0.717) is 30.2 Å². The molecule has 1 aliphatic heterocycles. The summed E-state index contributed by atoms with van der Waals surface area (Å²) in [6, 6.07) is 18.3. The van der Waals surface area contributed by atoms with E-state index in [9.17, 15) is 32.7 Å². The van der Waals surface area contributed by atoms with Crippen molar-refractivity contribution < 1.29 is 46.9 Å². The van der Waals surface area contributed by atoms with Gasteiger partial charge in [-0.05, 0) is 51.0 Å². The molecule has 1 amide bonds. The normalized spacial score (nSPS) is 13.6. The lowest BCUT2D eigenvalue weighted by atomic mass is 9.98. The topological polar surface area (TPSA) is 154 Å². The molecule has 258 valence electrons. The zero-order valence-electron chi connectivity index (χ0n) is 26.8. The van der Waals surface area contributed by atoms with E-state index in [2.05, 4.69) is 20.7 Å². The highest BCUT2D eigenvalue weighted by Crippen LogP contribution is 2.41. The Balaban J connectivity index is 1.36. The van der Waals surface area contributed by atoms with E-state index in [1.54, 1.807) is 23.7 Å². The highest BCUT2D eigenvalue weighted by Gasteiger charge is 2.43. The van der Waals surface area contributed by atoms with Gasteiger partial charge in [0.1, 0.15) is 24.3 Å². The number of carbonyl (C=O) groups excluding carboxylic acids is 2. The molecule has 12 nitrogen and oxygen atoms in total. The van der Waals surface area contributed by atoms with Crippen LogP contribution in [-0.4, -0.2) is 62.6 Å². The first kappa shape index (κ1) is 34.9. The molecule has 1 atom stereocenters. The molecule has 0 bridgehead atoms. The highest BCUT2D eigenvalue weighted by molar-refractivity contribution is 5.96. The predicted octanol–water partition coefficient (Wildman–Crippen LogP) is 5.47. The maximum absolute atomic E-state index is 13.5. The molecule has 15 heteroatoms. The summed E-state index contributed by atoms with van der Waals surface area (Å²) >= 11 is 0. The molecular weight excluding hydrogens is 647 g/mol. The summed E-state index contributed by atoms with van der Waals surface area (Å²) in [5, 5.41) is 19.7. The second-order valence-corrected chi connectivity index (χ2v) is 12.0. The number of halogens is 3. The third-order valence-corrected chi connectivity index (χ3v) is 7.73. The van der Waals surface area contributed by atoms with Crippen molar-refractivity contribution in [3.8, 4) is 22.9 Å². The molecule has 0 radical (unpaired) electrons. The first-order valence-electron chi connectivity index (χ1n) is 15.2. The van der Waals surface area contributed by atoms with Gasteiger partial charge in [0.15, 0.2) is 18.2 Å². The Hall–Kier alpha value is -5.44. The van der Waals surface area contributed by atoms with E-state index >= 15 is 0 Å². The van der Waals surface area contributed by atoms with Crippen LogP contribution in [0, 0.1) is 6.92 Å². The molecule has 2 heterocycles. The lowest BCUT2D eigenvalue weighted by Gasteiger charge is -2.31. The number of aromatic nitrogens is 3. The van der Waals surface area contributed by atoms with Crippen molar-refractivity contribution in [2.45, 2.75) is 58.2 Å². The van der Waals surface area contributed by atoms with E-state index in [4.69, 9.17) is 14.2 Å². The molecule has 1 aliphatic rings. The third-order valence-electron chi connectivity index (χ3n) is 7.73. The number of anilines is 1. The average Bonchev–Trinajstić information content (AvgIpc) is 3.44. The van der Waals surface area contributed by atoms with Crippen molar-refractivity contribution in [2.24, 2.45) is 0 Å². The largest absolute Gasteiger partial charge is 0.490 e. The molecule has 5 rings (SSSR count). The minimum absolute atomic E-state index is 0.0592. The van der Waals surface area contributed by atoms with Crippen LogP contribution in [0.3, 0.4) is 0 Å². The van der Waals surface area contributed by atoms with Gasteiger partial charge >= 0.3 is 18.1 Å². The van der Waals surface area contributed by atoms with Crippen molar-refractivity contribution in [3.63, 3.8) is 0 Å². The molecule has 0 aliphatic carbocycles. The number of aromatic carboxylic acids is 1. The molecule has 3 aromatic carbocycles. The summed E-state index contributed by atoms with van der Waals surface area (Å²) in [5.74, 6) is -2.75. The third kappa shape index (κ3) is 8.93. The van der Waals surface area contributed by atoms with Crippen molar-refractivity contribution in [1.82, 2.24) is 20.1 Å². The number of benzene rings is 3. The van der Waals surface area contributed by atoms with Gasteiger partial charge in [-0.2, -0.15) is 18.3 Å². The van der Waals surface area contributed by atoms with Gasteiger partial charge in [0.25, 0.3) is 5.91 Å². The highest BCUT2D eigenvalue weighted by atomic mass is 19.4. The van der Waals surface area contributed by atoms with Gasteiger partial charge in [-0.15, -0.1) is 0 Å². The number of carboxylic acid groups (broad SMARTS) is 1. The Kier molecular flexibility index (Phi) is 10.2. The number of ether oxygens (including phenoxy) is 3. The average molecular weight is 682 g/mol. The number of alkyl halides is 3. The fraction of sp³-hybridized carbons (Fsp3) is 0.324. The SMILES string of the molecule is Cc1nc(-c2cccc(C(=O)O)c2)nn1CCC(C)(C)NCC(OC(=O)C(F)(F)F)c1cc(OCc2ccccc2)cc2c1OCC(=O)N2. The first-order valence-corrected chi connectivity index (χ1v) is 15.2. The first-order chi connectivity index (χ1) is 23.2. The number of carbonyl (C=O) groups is 3. The molecule has 0 fully saturated rings. The molecule has 4 aromatic rings. The number of hydrogen-bond donors (Lipinski definition) is 3. The minimum atomic E-state index is -5.27. The summed E-state index contributed by atoms with van der Waals surface area (Å²) in [7, 11) is 0. The maximum Gasteiger partial charge on any atom is 0.490 e.